The number of ether oxygens (including phenoxy) is 3. The van der Waals surface area contributed by atoms with Crippen LogP contribution in [-0.4, -0.2) is 72.1 Å². The molecule has 46 heavy (non-hydrogen) atoms. The minimum absolute atomic E-state index is 0.0139. The number of nitrogens with zero attached hydrogens (tertiary/aromatic N) is 1. The maximum Gasteiger partial charge on any atom is 0.325 e. The van der Waals surface area contributed by atoms with E-state index in [4.69, 9.17) is 14.2 Å². The van der Waals surface area contributed by atoms with Crippen LogP contribution >= 0.6 is 0 Å². The fraction of sp³-hybridized carbons (Fsp3) is 0.444. The average molecular weight is 632 g/mol. The first-order valence-corrected chi connectivity index (χ1v) is 16.1. The summed E-state index contributed by atoms with van der Waals surface area (Å²) in [5.74, 6) is -0.430. The molecule has 0 unspecified atom stereocenters. The molecule has 10 nitrogen and oxygen atoms in total. The Balaban J connectivity index is 1.33. The van der Waals surface area contributed by atoms with Gasteiger partial charge in [-0.05, 0) is 66.3 Å². The highest BCUT2D eigenvalue weighted by atomic mass is 16.7. The van der Waals surface area contributed by atoms with E-state index in [1.807, 2.05) is 66.7 Å². The third kappa shape index (κ3) is 8.51. The summed E-state index contributed by atoms with van der Waals surface area (Å²) in [5, 5.41) is 24.8. The lowest BCUT2D eigenvalue weighted by Gasteiger charge is -2.43. The maximum atomic E-state index is 12.2. The molecule has 0 aliphatic carbocycles. The van der Waals surface area contributed by atoms with Gasteiger partial charge in [-0.25, -0.2) is 4.79 Å². The normalized spacial score (nSPS) is 23.2. The number of carbonyl (C=O) groups excluding carboxylic acids is 2. The zero-order valence-corrected chi connectivity index (χ0v) is 26.6. The summed E-state index contributed by atoms with van der Waals surface area (Å²) in [6.07, 6.45) is 1.10. The Morgan fingerprint density at radius 2 is 1.70 bits per heavy atom. The van der Waals surface area contributed by atoms with E-state index in [2.05, 4.69) is 28.5 Å². The lowest BCUT2D eigenvalue weighted by molar-refractivity contribution is -0.276. The van der Waals surface area contributed by atoms with E-state index in [0.29, 0.717) is 13.1 Å². The van der Waals surface area contributed by atoms with Crippen molar-refractivity contribution >= 4 is 12.0 Å². The van der Waals surface area contributed by atoms with Crippen LogP contribution in [0, 0.1) is 5.92 Å². The van der Waals surface area contributed by atoms with E-state index in [9.17, 15) is 19.8 Å². The van der Waals surface area contributed by atoms with Crippen molar-refractivity contribution in [3.05, 3.63) is 95.1 Å². The SMILES string of the molecule is CCOC(=O)CNC(=O)NCc1cccc(-c2cccc([C@@H]3O[C@H](CN4CCC[C@H]4CO)[C@H](C)[C@H](c4ccc(CO)cc4)O3)c2)c1. The molecule has 0 bridgehead atoms. The molecular weight excluding hydrogens is 586 g/mol. The minimum Gasteiger partial charge on any atom is -0.465 e. The summed E-state index contributed by atoms with van der Waals surface area (Å²) in [6, 6.07) is 23.6. The molecule has 3 aromatic carbocycles. The lowest BCUT2D eigenvalue weighted by atomic mass is 9.89. The maximum absolute atomic E-state index is 12.2. The molecule has 2 aliphatic heterocycles. The molecule has 0 radical (unpaired) electrons. The van der Waals surface area contributed by atoms with Crippen LogP contribution in [0.1, 0.15) is 61.3 Å². The Morgan fingerprint density at radius 1 is 0.935 bits per heavy atom. The highest BCUT2D eigenvalue weighted by Gasteiger charge is 2.40. The number of urea groups is 1. The van der Waals surface area contributed by atoms with Crippen molar-refractivity contribution in [2.24, 2.45) is 5.92 Å². The molecule has 0 saturated carbocycles. The van der Waals surface area contributed by atoms with Crippen molar-refractivity contribution in [2.75, 3.05) is 32.8 Å². The van der Waals surface area contributed by atoms with Gasteiger partial charge in [0.25, 0.3) is 0 Å². The Labute approximate surface area is 270 Å². The summed E-state index contributed by atoms with van der Waals surface area (Å²) < 4.78 is 18.2. The Morgan fingerprint density at radius 3 is 2.43 bits per heavy atom. The van der Waals surface area contributed by atoms with Gasteiger partial charge in [0.2, 0.25) is 0 Å². The number of rotatable bonds is 12. The van der Waals surface area contributed by atoms with Gasteiger partial charge in [-0.2, -0.15) is 0 Å². The largest absolute Gasteiger partial charge is 0.465 e. The number of aliphatic hydroxyl groups is 2. The van der Waals surface area contributed by atoms with Gasteiger partial charge >= 0.3 is 12.0 Å². The van der Waals surface area contributed by atoms with Crippen molar-refractivity contribution in [1.29, 1.82) is 0 Å². The van der Waals surface area contributed by atoms with E-state index in [1.54, 1.807) is 6.92 Å². The molecule has 0 spiro atoms. The smallest absolute Gasteiger partial charge is 0.325 e. The van der Waals surface area contributed by atoms with Crippen molar-refractivity contribution in [1.82, 2.24) is 15.5 Å². The third-order valence-electron chi connectivity index (χ3n) is 8.82. The summed E-state index contributed by atoms with van der Waals surface area (Å²) in [5.41, 5.74) is 5.65. The average Bonchev–Trinajstić information content (AvgIpc) is 3.55. The van der Waals surface area contributed by atoms with Gasteiger partial charge in [-0.15, -0.1) is 0 Å². The Hall–Kier alpha value is -3.80. The first-order valence-electron chi connectivity index (χ1n) is 16.1. The Bertz CT molecular complexity index is 1450. The summed E-state index contributed by atoms with van der Waals surface area (Å²) in [4.78, 5) is 26.0. The van der Waals surface area contributed by atoms with Gasteiger partial charge < -0.3 is 35.1 Å². The van der Waals surface area contributed by atoms with Crippen molar-refractivity contribution < 1.29 is 34.0 Å². The number of carbonyl (C=O) groups is 2. The van der Waals surface area contributed by atoms with Gasteiger partial charge in [0.15, 0.2) is 6.29 Å². The number of nitrogens with one attached hydrogen (secondary N) is 2. The number of benzene rings is 3. The van der Waals surface area contributed by atoms with Crippen LogP contribution in [0.3, 0.4) is 0 Å². The molecule has 5 atom stereocenters. The molecule has 0 aromatic heterocycles. The molecular formula is C36H45N3O7. The lowest BCUT2D eigenvalue weighted by Crippen LogP contribution is -2.46. The molecule has 2 aliphatic rings. The first-order chi connectivity index (χ1) is 22.4. The molecule has 4 N–H and O–H groups in total. The van der Waals surface area contributed by atoms with Crippen LogP contribution in [0.2, 0.25) is 0 Å². The predicted octanol–water partition coefficient (Wildman–Crippen LogP) is 4.46. The Kier molecular flexibility index (Phi) is 11.8. The second kappa shape index (κ2) is 16.2. The number of aliphatic hydroxyl groups excluding tert-OH is 2. The molecule has 2 amide bonds. The highest BCUT2D eigenvalue weighted by molar-refractivity contribution is 5.80. The molecule has 5 rings (SSSR count). The van der Waals surface area contributed by atoms with E-state index in [0.717, 1.165) is 52.8 Å². The van der Waals surface area contributed by atoms with Crippen molar-refractivity contribution in [2.45, 2.75) is 64.4 Å². The summed E-state index contributed by atoms with van der Waals surface area (Å²) in [6.45, 7) is 6.01. The summed E-state index contributed by atoms with van der Waals surface area (Å²) >= 11 is 0. The van der Waals surface area contributed by atoms with Gasteiger partial charge in [0.05, 0.1) is 32.0 Å². The fourth-order valence-electron chi connectivity index (χ4n) is 6.24. The van der Waals surface area contributed by atoms with Gasteiger partial charge in [0, 0.05) is 30.6 Å². The molecule has 3 aromatic rings. The van der Waals surface area contributed by atoms with Crippen LogP contribution in [0.5, 0.6) is 0 Å². The van der Waals surface area contributed by atoms with E-state index in [-0.39, 0.29) is 50.5 Å². The quantitative estimate of drug-likeness (QED) is 0.216. The fourth-order valence-corrected chi connectivity index (χ4v) is 6.24. The van der Waals surface area contributed by atoms with E-state index in [1.165, 1.54) is 0 Å². The number of likely N-dealkylation sites (tertiary alicyclic amines) is 1. The van der Waals surface area contributed by atoms with Crippen LogP contribution in [0.4, 0.5) is 4.79 Å². The molecule has 246 valence electrons. The second-order valence-electron chi connectivity index (χ2n) is 12.0. The van der Waals surface area contributed by atoms with E-state index < -0.39 is 18.3 Å². The second-order valence-corrected chi connectivity index (χ2v) is 12.0. The first kappa shape index (κ1) is 33.6. The van der Waals surface area contributed by atoms with Crippen LogP contribution in [0.15, 0.2) is 72.8 Å². The van der Waals surface area contributed by atoms with E-state index >= 15 is 0 Å². The number of esters is 1. The molecule has 2 fully saturated rings. The molecule has 2 heterocycles. The standard InChI is InChI=1S/C36H45N3O7/c1-3-44-33(42)20-38-36(43)37-19-26-7-4-8-28(17-26)29-9-5-10-30(18-29)35-45-32(21-39-16-6-11-31(39)23-41)24(2)34(46-35)27-14-12-25(22-40)13-15-27/h4-5,7-10,12-15,17-18,24,31-32,34-35,40-41H,3,6,11,16,19-23H2,1-2H3,(H2,37,38,43)/t24-,31-,32+,34+,35+/m0/s1. The molecule has 10 heteroatoms. The van der Waals surface area contributed by atoms with Crippen LogP contribution in [-0.2, 0) is 32.2 Å². The van der Waals surface area contributed by atoms with Gasteiger partial charge in [-0.1, -0.05) is 67.6 Å². The highest BCUT2D eigenvalue weighted by Crippen LogP contribution is 2.43. The minimum atomic E-state index is -0.605. The monoisotopic (exact) mass is 631 g/mol. The van der Waals surface area contributed by atoms with Crippen LogP contribution in [0.25, 0.3) is 11.1 Å². The zero-order chi connectivity index (χ0) is 32.5. The number of hydrogen-bond donors (Lipinski definition) is 4. The van der Waals surface area contributed by atoms with Crippen molar-refractivity contribution in [3.63, 3.8) is 0 Å². The van der Waals surface area contributed by atoms with Crippen LogP contribution < -0.4 is 10.6 Å². The van der Waals surface area contributed by atoms with Crippen molar-refractivity contribution in [3.8, 4) is 11.1 Å². The van der Waals surface area contributed by atoms with Gasteiger partial charge in [0.1, 0.15) is 6.54 Å². The van der Waals surface area contributed by atoms with Gasteiger partial charge in [-0.3, -0.25) is 9.69 Å². The summed E-state index contributed by atoms with van der Waals surface area (Å²) in [7, 11) is 0. The zero-order valence-electron chi connectivity index (χ0n) is 26.6. The third-order valence-corrected chi connectivity index (χ3v) is 8.82. The number of hydrogen-bond acceptors (Lipinski definition) is 8. The molecule has 2 saturated heterocycles. The predicted molar refractivity (Wildman–Crippen MR) is 173 cm³/mol. The topological polar surface area (TPSA) is 130 Å². The number of amides is 2.